The highest BCUT2D eigenvalue weighted by Gasteiger charge is 2.23. The smallest absolute Gasteiger partial charge is 0.315 e. The predicted molar refractivity (Wildman–Crippen MR) is 59.4 cm³/mol. The summed E-state index contributed by atoms with van der Waals surface area (Å²) in [6.07, 6.45) is 0.725. The Morgan fingerprint density at radius 2 is 2.29 bits per heavy atom. The van der Waals surface area contributed by atoms with Crippen molar-refractivity contribution in [3.8, 4) is 0 Å². The Morgan fingerprint density at radius 3 is 2.76 bits per heavy atom. The second kappa shape index (κ2) is 6.07. The van der Waals surface area contributed by atoms with Crippen molar-refractivity contribution in [2.24, 2.45) is 5.92 Å². The number of carbonyl (C=O) groups is 3. The monoisotopic (exact) mass is 243 g/mol. The molecular weight excluding hydrogens is 226 g/mol. The lowest BCUT2D eigenvalue weighted by atomic mass is 10.1. The molecule has 1 heterocycles. The normalized spacial score (nSPS) is 20.5. The molecule has 1 aliphatic heterocycles. The van der Waals surface area contributed by atoms with E-state index < -0.39 is 17.9 Å². The van der Waals surface area contributed by atoms with Gasteiger partial charge in [-0.25, -0.2) is 4.79 Å². The molecule has 0 radical (unpaired) electrons. The highest BCUT2D eigenvalue weighted by Crippen LogP contribution is 2.01. The maximum Gasteiger partial charge on any atom is 0.315 e. The zero-order chi connectivity index (χ0) is 12.8. The molecule has 0 spiro atoms. The van der Waals surface area contributed by atoms with Crippen LogP contribution in [0.1, 0.15) is 19.8 Å². The number of aliphatic carboxylic acids is 1. The van der Waals surface area contributed by atoms with Gasteiger partial charge in [-0.15, -0.1) is 0 Å². The van der Waals surface area contributed by atoms with E-state index in [0.29, 0.717) is 13.0 Å². The number of carboxylic acids is 1. The number of hydrogen-bond donors (Lipinski definition) is 4. The molecule has 1 saturated heterocycles. The second-order valence-electron chi connectivity index (χ2n) is 4.00. The van der Waals surface area contributed by atoms with Gasteiger partial charge in [0.2, 0.25) is 5.91 Å². The third-order valence-corrected chi connectivity index (χ3v) is 2.66. The molecule has 96 valence electrons. The molecule has 7 heteroatoms. The van der Waals surface area contributed by atoms with E-state index in [1.807, 2.05) is 0 Å². The Balaban J connectivity index is 2.25. The van der Waals surface area contributed by atoms with Crippen molar-refractivity contribution in [1.29, 1.82) is 0 Å². The van der Waals surface area contributed by atoms with E-state index in [4.69, 9.17) is 5.11 Å². The van der Waals surface area contributed by atoms with Crippen LogP contribution in [0.2, 0.25) is 0 Å². The van der Waals surface area contributed by atoms with E-state index in [9.17, 15) is 14.4 Å². The lowest BCUT2D eigenvalue weighted by molar-refractivity contribution is -0.141. The van der Waals surface area contributed by atoms with Crippen molar-refractivity contribution in [1.82, 2.24) is 16.0 Å². The van der Waals surface area contributed by atoms with Gasteiger partial charge in [0, 0.05) is 19.5 Å². The number of nitrogens with one attached hydrogen (secondary N) is 3. The fourth-order valence-electron chi connectivity index (χ4n) is 1.57. The van der Waals surface area contributed by atoms with Crippen LogP contribution in [-0.2, 0) is 9.59 Å². The van der Waals surface area contributed by atoms with Crippen LogP contribution in [0, 0.1) is 5.92 Å². The molecule has 0 bridgehead atoms. The van der Waals surface area contributed by atoms with E-state index in [-0.39, 0.29) is 24.9 Å². The molecule has 0 aromatic rings. The van der Waals surface area contributed by atoms with E-state index in [0.717, 1.165) is 0 Å². The molecular formula is C10H17N3O4. The van der Waals surface area contributed by atoms with Crippen LogP contribution in [0.5, 0.6) is 0 Å². The lowest BCUT2D eigenvalue weighted by Crippen LogP contribution is -2.45. The summed E-state index contributed by atoms with van der Waals surface area (Å²) >= 11 is 0. The van der Waals surface area contributed by atoms with Crippen LogP contribution in [0.15, 0.2) is 0 Å². The number of carbonyl (C=O) groups excluding carboxylic acids is 2. The molecule has 1 rings (SSSR count). The largest absolute Gasteiger partial charge is 0.481 e. The number of rotatable bonds is 5. The molecule has 0 saturated carbocycles. The van der Waals surface area contributed by atoms with Gasteiger partial charge in [0.25, 0.3) is 0 Å². The highest BCUT2D eigenvalue weighted by atomic mass is 16.4. The van der Waals surface area contributed by atoms with E-state index in [2.05, 4.69) is 16.0 Å². The highest BCUT2D eigenvalue weighted by molar-refractivity contribution is 5.81. The third-order valence-electron chi connectivity index (χ3n) is 2.66. The summed E-state index contributed by atoms with van der Waals surface area (Å²) in [5.74, 6) is -1.60. The molecule has 4 N–H and O–H groups in total. The van der Waals surface area contributed by atoms with Crippen LogP contribution in [-0.4, -0.2) is 42.1 Å². The fourth-order valence-corrected chi connectivity index (χ4v) is 1.57. The minimum Gasteiger partial charge on any atom is -0.481 e. The summed E-state index contributed by atoms with van der Waals surface area (Å²) in [4.78, 5) is 33.0. The third kappa shape index (κ3) is 4.29. The van der Waals surface area contributed by atoms with Crippen LogP contribution in [0.3, 0.4) is 0 Å². The van der Waals surface area contributed by atoms with Crippen molar-refractivity contribution >= 4 is 17.9 Å². The summed E-state index contributed by atoms with van der Waals surface area (Å²) in [6.45, 7) is 2.26. The molecule has 0 aliphatic carbocycles. The molecule has 1 fully saturated rings. The first kappa shape index (κ1) is 13.3. The van der Waals surface area contributed by atoms with Crippen molar-refractivity contribution in [3.63, 3.8) is 0 Å². The van der Waals surface area contributed by atoms with Gasteiger partial charge in [-0.3, -0.25) is 9.59 Å². The minimum absolute atomic E-state index is 0.0890. The van der Waals surface area contributed by atoms with Gasteiger partial charge in [-0.2, -0.15) is 0 Å². The van der Waals surface area contributed by atoms with Crippen molar-refractivity contribution in [2.75, 3.05) is 13.1 Å². The van der Waals surface area contributed by atoms with E-state index in [1.54, 1.807) is 6.92 Å². The lowest BCUT2D eigenvalue weighted by Gasteiger charge is -2.14. The van der Waals surface area contributed by atoms with Crippen LogP contribution in [0.25, 0.3) is 0 Å². The van der Waals surface area contributed by atoms with Crippen LogP contribution >= 0.6 is 0 Å². The summed E-state index contributed by atoms with van der Waals surface area (Å²) in [6, 6.07) is -0.654. The van der Waals surface area contributed by atoms with Gasteiger partial charge in [0.15, 0.2) is 0 Å². The van der Waals surface area contributed by atoms with Crippen molar-refractivity contribution in [3.05, 3.63) is 0 Å². The molecule has 0 aromatic carbocycles. The number of carboxylic acid groups (broad SMARTS) is 1. The molecule has 17 heavy (non-hydrogen) atoms. The minimum atomic E-state index is -0.925. The predicted octanol–water partition coefficient (Wildman–Crippen LogP) is -0.715. The van der Waals surface area contributed by atoms with Gasteiger partial charge in [0.1, 0.15) is 0 Å². The fraction of sp³-hybridized carbons (Fsp3) is 0.700. The Bertz CT molecular complexity index is 319. The zero-order valence-electron chi connectivity index (χ0n) is 9.66. The maximum absolute atomic E-state index is 11.4. The van der Waals surface area contributed by atoms with Gasteiger partial charge in [-0.05, 0) is 6.42 Å². The van der Waals surface area contributed by atoms with Crippen LogP contribution in [0.4, 0.5) is 4.79 Å². The first-order chi connectivity index (χ1) is 8.02. The van der Waals surface area contributed by atoms with Gasteiger partial charge < -0.3 is 21.1 Å². The standard InChI is InChI=1S/C10H17N3O4/c1-2-6(9(15)16)4-12-10(17)13-7-3-8(14)11-5-7/h6-7H,2-5H2,1H3,(H,11,14)(H,15,16)(H2,12,13,17). The Kier molecular flexibility index (Phi) is 4.74. The molecule has 0 aromatic heterocycles. The summed E-state index contributed by atoms with van der Waals surface area (Å²) < 4.78 is 0. The topological polar surface area (TPSA) is 108 Å². The average Bonchev–Trinajstić information content (AvgIpc) is 2.64. The molecule has 2 unspecified atom stereocenters. The first-order valence-electron chi connectivity index (χ1n) is 5.56. The molecule has 7 nitrogen and oxygen atoms in total. The van der Waals surface area contributed by atoms with Crippen molar-refractivity contribution < 1.29 is 19.5 Å². The zero-order valence-corrected chi connectivity index (χ0v) is 9.66. The number of amides is 3. The number of urea groups is 1. The van der Waals surface area contributed by atoms with Gasteiger partial charge >= 0.3 is 12.0 Å². The number of hydrogen-bond acceptors (Lipinski definition) is 3. The molecule has 1 aliphatic rings. The summed E-state index contributed by atoms with van der Waals surface area (Å²) in [5, 5.41) is 16.5. The second-order valence-corrected chi connectivity index (χ2v) is 4.00. The van der Waals surface area contributed by atoms with Crippen molar-refractivity contribution in [2.45, 2.75) is 25.8 Å². The van der Waals surface area contributed by atoms with Gasteiger partial charge in [-0.1, -0.05) is 6.92 Å². The molecule has 2 atom stereocenters. The molecule has 3 amide bonds. The Hall–Kier alpha value is -1.79. The van der Waals surface area contributed by atoms with Crippen LogP contribution < -0.4 is 16.0 Å². The quantitative estimate of drug-likeness (QED) is 0.511. The first-order valence-corrected chi connectivity index (χ1v) is 5.56. The van der Waals surface area contributed by atoms with E-state index in [1.165, 1.54) is 0 Å². The van der Waals surface area contributed by atoms with E-state index >= 15 is 0 Å². The summed E-state index contributed by atoms with van der Waals surface area (Å²) in [7, 11) is 0. The SMILES string of the molecule is CCC(CNC(=O)NC1CNC(=O)C1)C(=O)O. The maximum atomic E-state index is 11.4. The Labute approximate surface area is 98.9 Å². The summed E-state index contributed by atoms with van der Waals surface area (Å²) in [5.41, 5.74) is 0. The van der Waals surface area contributed by atoms with Gasteiger partial charge in [0.05, 0.1) is 12.0 Å². The Morgan fingerprint density at radius 1 is 1.59 bits per heavy atom. The average molecular weight is 243 g/mol.